The molecular weight excluding hydrogens is 212 g/mol. The van der Waals surface area contributed by atoms with E-state index in [0.717, 1.165) is 17.5 Å². The van der Waals surface area contributed by atoms with E-state index in [1.54, 1.807) is 25.6 Å². The summed E-state index contributed by atoms with van der Waals surface area (Å²) in [6.45, 7) is 7.02. The number of esters is 1. The highest BCUT2D eigenvalue weighted by Crippen LogP contribution is 2.15. The summed E-state index contributed by atoms with van der Waals surface area (Å²) in [4.78, 5) is 15.7. The molecule has 2 atom stereocenters. The average molecular weight is 230 g/mol. The van der Waals surface area contributed by atoms with Crippen molar-refractivity contribution in [3.63, 3.8) is 0 Å². The molecule has 0 aliphatic carbocycles. The fourth-order valence-electron chi connectivity index (χ4n) is 1.16. The molecule has 0 spiro atoms. The van der Waals surface area contributed by atoms with Crippen LogP contribution in [0.25, 0.3) is 0 Å². The molecule has 2 unspecified atom stereocenters. The second kappa shape index (κ2) is 6.00. The number of thioether (sulfide) groups is 1. The molecule has 0 saturated heterocycles. The Morgan fingerprint density at radius 3 is 3.07 bits per heavy atom. The highest BCUT2D eigenvalue weighted by molar-refractivity contribution is 8.13. The van der Waals surface area contributed by atoms with Crippen molar-refractivity contribution in [3.8, 4) is 0 Å². The van der Waals surface area contributed by atoms with E-state index in [1.807, 2.05) is 0 Å². The molecule has 5 heteroatoms. The van der Waals surface area contributed by atoms with Gasteiger partial charge in [-0.2, -0.15) is 0 Å². The molecule has 1 aliphatic heterocycles. The van der Waals surface area contributed by atoms with Crippen LogP contribution in [0.4, 0.5) is 0 Å². The van der Waals surface area contributed by atoms with Crippen LogP contribution in [0.15, 0.2) is 4.99 Å². The molecule has 0 radical (unpaired) electrons. The van der Waals surface area contributed by atoms with Crippen molar-refractivity contribution < 1.29 is 9.53 Å². The van der Waals surface area contributed by atoms with Gasteiger partial charge in [-0.25, -0.2) is 4.79 Å². The van der Waals surface area contributed by atoms with E-state index in [-0.39, 0.29) is 12.0 Å². The molecular formula is C10H18N2O2S. The van der Waals surface area contributed by atoms with E-state index in [9.17, 15) is 4.79 Å². The van der Waals surface area contributed by atoms with E-state index >= 15 is 0 Å². The predicted molar refractivity (Wildman–Crippen MR) is 63.2 cm³/mol. The highest BCUT2D eigenvalue weighted by Gasteiger charge is 2.18. The predicted octanol–water partition coefficient (Wildman–Crippen LogP) is 1.27. The normalized spacial score (nSPS) is 22.9. The molecule has 1 rings (SSSR count). The lowest BCUT2D eigenvalue weighted by molar-refractivity contribution is -0.144. The SMILES string of the molecule is CCOC(=O)C(C)NC1=NCC(C)CS1. The van der Waals surface area contributed by atoms with E-state index in [0.29, 0.717) is 12.5 Å². The van der Waals surface area contributed by atoms with Gasteiger partial charge in [-0.3, -0.25) is 4.99 Å². The third kappa shape index (κ3) is 4.11. The van der Waals surface area contributed by atoms with Gasteiger partial charge in [0, 0.05) is 12.3 Å². The summed E-state index contributed by atoms with van der Waals surface area (Å²) in [6.07, 6.45) is 0. The van der Waals surface area contributed by atoms with Crippen LogP contribution < -0.4 is 5.32 Å². The Balaban J connectivity index is 2.37. The first kappa shape index (κ1) is 12.4. The van der Waals surface area contributed by atoms with Gasteiger partial charge in [0.2, 0.25) is 0 Å². The molecule has 0 aromatic rings. The average Bonchev–Trinajstić information content (AvgIpc) is 2.22. The van der Waals surface area contributed by atoms with E-state index in [1.165, 1.54) is 0 Å². The molecule has 1 heterocycles. The summed E-state index contributed by atoms with van der Waals surface area (Å²) < 4.78 is 4.90. The van der Waals surface area contributed by atoms with Crippen LogP contribution in [0.3, 0.4) is 0 Å². The molecule has 15 heavy (non-hydrogen) atoms. The topological polar surface area (TPSA) is 50.7 Å². The number of nitrogens with zero attached hydrogens (tertiary/aromatic N) is 1. The molecule has 1 N–H and O–H groups in total. The Hall–Kier alpha value is -0.710. The first-order valence-corrected chi connectivity index (χ1v) is 6.22. The summed E-state index contributed by atoms with van der Waals surface area (Å²) in [5, 5.41) is 3.92. The number of hydrogen-bond acceptors (Lipinski definition) is 5. The van der Waals surface area contributed by atoms with Crippen molar-refractivity contribution in [2.45, 2.75) is 26.8 Å². The number of carbonyl (C=O) groups excluding carboxylic acids is 1. The highest BCUT2D eigenvalue weighted by atomic mass is 32.2. The van der Waals surface area contributed by atoms with Gasteiger partial charge in [0.15, 0.2) is 5.17 Å². The molecule has 0 aromatic carbocycles. The summed E-state index contributed by atoms with van der Waals surface area (Å²) in [7, 11) is 0. The summed E-state index contributed by atoms with van der Waals surface area (Å²) in [5.41, 5.74) is 0. The quantitative estimate of drug-likeness (QED) is 0.742. The number of aliphatic imine (C=N–C) groups is 1. The number of carbonyl (C=O) groups is 1. The molecule has 0 bridgehead atoms. The second-order valence-corrected chi connectivity index (χ2v) is 4.69. The Kier molecular flexibility index (Phi) is 4.94. The lowest BCUT2D eigenvalue weighted by Crippen LogP contribution is -2.39. The van der Waals surface area contributed by atoms with Gasteiger partial charge in [-0.1, -0.05) is 18.7 Å². The van der Waals surface area contributed by atoms with Gasteiger partial charge in [-0.05, 0) is 19.8 Å². The van der Waals surface area contributed by atoms with Crippen molar-refractivity contribution in [3.05, 3.63) is 0 Å². The standard InChI is InChI=1S/C10H18N2O2S/c1-4-14-9(13)8(3)12-10-11-5-7(2)6-15-10/h7-8H,4-6H2,1-3H3,(H,11,12). The van der Waals surface area contributed by atoms with Crippen molar-refractivity contribution >= 4 is 22.9 Å². The first-order valence-electron chi connectivity index (χ1n) is 5.24. The number of rotatable bonds is 3. The third-order valence-corrected chi connectivity index (χ3v) is 3.29. The van der Waals surface area contributed by atoms with Crippen LogP contribution in [0.5, 0.6) is 0 Å². The minimum absolute atomic E-state index is 0.223. The maximum atomic E-state index is 11.3. The largest absolute Gasteiger partial charge is 0.464 e. The molecule has 86 valence electrons. The van der Waals surface area contributed by atoms with Crippen molar-refractivity contribution in [2.24, 2.45) is 10.9 Å². The van der Waals surface area contributed by atoms with Crippen LogP contribution in [0, 0.1) is 5.92 Å². The van der Waals surface area contributed by atoms with Gasteiger partial charge >= 0.3 is 5.97 Å². The maximum Gasteiger partial charge on any atom is 0.328 e. The zero-order valence-corrected chi connectivity index (χ0v) is 10.3. The zero-order chi connectivity index (χ0) is 11.3. The van der Waals surface area contributed by atoms with Crippen LogP contribution in [-0.4, -0.2) is 36.1 Å². The van der Waals surface area contributed by atoms with E-state index in [2.05, 4.69) is 17.2 Å². The van der Waals surface area contributed by atoms with Crippen molar-refractivity contribution in [2.75, 3.05) is 18.9 Å². The van der Waals surface area contributed by atoms with Crippen LogP contribution in [-0.2, 0) is 9.53 Å². The van der Waals surface area contributed by atoms with Gasteiger partial charge in [0.1, 0.15) is 6.04 Å². The van der Waals surface area contributed by atoms with Crippen molar-refractivity contribution in [1.82, 2.24) is 5.32 Å². The summed E-state index contributed by atoms with van der Waals surface area (Å²) in [6, 6.07) is -0.315. The van der Waals surface area contributed by atoms with E-state index in [4.69, 9.17) is 4.74 Å². The minimum atomic E-state index is -0.315. The van der Waals surface area contributed by atoms with Crippen LogP contribution in [0.1, 0.15) is 20.8 Å². The van der Waals surface area contributed by atoms with Gasteiger partial charge in [0.05, 0.1) is 6.61 Å². The fourth-order valence-corrected chi connectivity index (χ4v) is 2.13. The first-order chi connectivity index (χ1) is 7.13. The number of ether oxygens (including phenoxy) is 1. The van der Waals surface area contributed by atoms with Gasteiger partial charge < -0.3 is 10.1 Å². The third-order valence-electron chi connectivity index (χ3n) is 2.03. The summed E-state index contributed by atoms with van der Waals surface area (Å²) in [5.74, 6) is 1.46. The van der Waals surface area contributed by atoms with Gasteiger partial charge in [0.25, 0.3) is 0 Å². The van der Waals surface area contributed by atoms with E-state index < -0.39 is 0 Å². The maximum absolute atomic E-state index is 11.3. The smallest absolute Gasteiger partial charge is 0.328 e. The number of nitrogens with one attached hydrogen (secondary N) is 1. The number of amidine groups is 1. The molecule has 0 aromatic heterocycles. The fraction of sp³-hybridized carbons (Fsp3) is 0.800. The van der Waals surface area contributed by atoms with Crippen LogP contribution in [0.2, 0.25) is 0 Å². The number of hydrogen-bond donors (Lipinski definition) is 1. The summed E-state index contributed by atoms with van der Waals surface area (Å²) >= 11 is 1.67. The van der Waals surface area contributed by atoms with Crippen LogP contribution >= 0.6 is 11.8 Å². The van der Waals surface area contributed by atoms with Gasteiger partial charge in [-0.15, -0.1) is 0 Å². The Morgan fingerprint density at radius 1 is 1.80 bits per heavy atom. The monoisotopic (exact) mass is 230 g/mol. The lowest BCUT2D eigenvalue weighted by Gasteiger charge is -2.20. The minimum Gasteiger partial charge on any atom is -0.464 e. The lowest BCUT2D eigenvalue weighted by atomic mass is 10.2. The Bertz CT molecular complexity index is 256. The second-order valence-electron chi connectivity index (χ2n) is 3.68. The molecule has 0 saturated carbocycles. The zero-order valence-electron chi connectivity index (χ0n) is 9.45. The molecule has 4 nitrogen and oxygen atoms in total. The Morgan fingerprint density at radius 2 is 2.53 bits per heavy atom. The van der Waals surface area contributed by atoms with Crippen molar-refractivity contribution in [1.29, 1.82) is 0 Å². The molecule has 1 aliphatic rings. The molecule has 0 fully saturated rings. The Labute approximate surface area is 94.9 Å². The molecule has 0 amide bonds.